The molecule has 0 spiro atoms. The summed E-state index contributed by atoms with van der Waals surface area (Å²) >= 11 is 0. The first-order chi connectivity index (χ1) is 8.53. The zero-order valence-electron chi connectivity index (χ0n) is 11.3. The van der Waals surface area contributed by atoms with Crippen LogP contribution in [-0.4, -0.2) is 46.8 Å². The highest BCUT2D eigenvalue weighted by molar-refractivity contribution is 5.96. The van der Waals surface area contributed by atoms with Crippen molar-refractivity contribution in [3.63, 3.8) is 0 Å². The van der Waals surface area contributed by atoms with Crippen molar-refractivity contribution >= 4 is 11.9 Å². The van der Waals surface area contributed by atoms with Gasteiger partial charge in [0.25, 0.3) is 5.91 Å². The largest absolute Gasteiger partial charge is 0.468 e. The maximum Gasteiger partial charge on any atom is 0.325 e. The van der Waals surface area contributed by atoms with E-state index in [1.54, 1.807) is 17.9 Å². The predicted molar refractivity (Wildman–Crippen MR) is 66.2 cm³/mol. The van der Waals surface area contributed by atoms with E-state index in [4.69, 9.17) is 0 Å². The Morgan fingerprint density at radius 2 is 2.11 bits per heavy atom. The molecule has 1 aromatic rings. The van der Waals surface area contributed by atoms with Gasteiger partial charge in [-0.15, -0.1) is 0 Å². The molecule has 1 rings (SSSR count). The molecule has 0 fully saturated rings. The van der Waals surface area contributed by atoms with Crippen LogP contribution in [0.1, 0.15) is 29.9 Å². The van der Waals surface area contributed by atoms with Gasteiger partial charge in [-0.05, 0) is 13.3 Å². The molecule has 6 nitrogen and oxygen atoms in total. The molecule has 0 aliphatic rings. The van der Waals surface area contributed by atoms with Gasteiger partial charge in [-0.25, -0.2) is 0 Å². The van der Waals surface area contributed by atoms with E-state index in [2.05, 4.69) is 9.84 Å². The Bertz CT molecular complexity index is 440. The molecule has 0 N–H and O–H groups in total. The summed E-state index contributed by atoms with van der Waals surface area (Å²) in [5.74, 6) is -0.611. The Labute approximate surface area is 107 Å². The van der Waals surface area contributed by atoms with E-state index in [-0.39, 0.29) is 12.5 Å². The number of likely N-dealkylation sites (N-methyl/N-ethyl adjacent to an activating group) is 1. The lowest BCUT2D eigenvalue weighted by molar-refractivity contribution is -0.141. The van der Waals surface area contributed by atoms with Gasteiger partial charge >= 0.3 is 5.97 Å². The second-order valence-electron chi connectivity index (χ2n) is 3.91. The molecule has 0 aliphatic carbocycles. The predicted octanol–water partition coefficient (Wildman–Crippen LogP) is 0.618. The molecule has 0 atom stereocenters. The van der Waals surface area contributed by atoms with Crippen molar-refractivity contribution in [3.05, 3.63) is 17.5 Å². The minimum Gasteiger partial charge on any atom is -0.468 e. The summed E-state index contributed by atoms with van der Waals surface area (Å²) < 4.78 is 6.19. The topological polar surface area (TPSA) is 64.4 Å². The van der Waals surface area contributed by atoms with E-state index >= 15 is 0 Å². The number of hydrogen-bond donors (Lipinski definition) is 0. The fraction of sp³-hybridized carbons (Fsp3) is 0.583. The zero-order valence-corrected chi connectivity index (χ0v) is 11.3. The molecule has 0 radical (unpaired) electrons. The molecular formula is C12H19N3O3. The van der Waals surface area contributed by atoms with Crippen molar-refractivity contribution < 1.29 is 14.3 Å². The van der Waals surface area contributed by atoms with Gasteiger partial charge < -0.3 is 9.64 Å². The fourth-order valence-electron chi connectivity index (χ4n) is 1.69. The third-order valence-electron chi connectivity index (χ3n) is 2.69. The SMILES string of the molecule is CCc1nn(C)cc1C(=O)N(CC)CC(=O)OC. The highest BCUT2D eigenvalue weighted by Crippen LogP contribution is 2.11. The van der Waals surface area contributed by atoms with E-state index in [9.17, 15) is 9.59 Å². The number of methoxy groups -OCH3 is 1. The number of amides is 1. The first-order valence-corrected chi connectivity index (χ1v) is 5.92. The Morgan fingerprint density at radius 3 is 2.61 bits per heavy atom. The van der Waals surface area contributed by atoms with Crippen molar-refractivity contribution in [3.8, 4) is 0 Å². The average molecular weight is 253 g/mol. The van der Waals surface area contributed by atoms with Crippen LogP contribution in [0.4, 0.5) is 0 Å². The lowest BCUT2D eigenvalue weighted by atomic mass is 10.2. The molecule has 0 aliphatic heterocycles. The highest BCUT2D eigenvalue weighted by atomic mass is 16.5. The van der Waals surface area contributed by atoms with E-state index in [0.29, 0.717) is 18.5 Å². The number of esters is 1. The summed E-state index contributed by atoms with van der Waals surface area (Å²) in [6.07, 6.45) is 2.36. The van der Waals surface area contributed by atoms with Crippen LogP contribution in [0.25, 0.3) is 0 Å². The number of ether oxygens (including phenoxy) is 1. The van der Waals surface area contributed by atoms with Crippen LogP contribution < -0.4 is 0 Å². The number of nitrogens with zero attached hydrogens (tertiary/aromatic N) is 3. The second kappa shape index (κ2) is 6.18. The molecule has 1 amide bonds. The van der Waals surface area contributed by atoms with Crippen molar-refractivity contribution in [1.29, 1.82) is 0 Å². The zero-order chi connectivity index (χ0) is 13.7. The van der Waals surface area contributed by atoms with Gasteiger partial charge in [0.15, 0.2) is 0 Å². The Morgan fingerprint density at radius 1 is 1.44 bits per heavy atom. The lowest BCUT2D eigenvalue weighted by Gasteiger charge is -2.19. The van der Waals surface area contributed by atoms with Gasteiger partial charge in [0.1, 0.15) is 6.54 Å². The third-order valence-corrected chi connectivity index (χ3v) is 2.69. The van der Waals surface area contributed by atoms with E-state index in [1.807, 2.05) is 13.8 Å². The van der Waals surface area contributed by atoms with Crippen LogP contribution in [0.3, 0.4) is 0 Å². The van der Waals surface area contributed by atoms with E-state index in [0.717, 1.165) is 5.69 Å². The van der Waals surface area contributed by atoms with Crippen LogP contribution in [0.5, 0.6) is 0 Å². The summed E-state index contributed by atoms with van der Waals surface area (Å²) in [7, 11) is 3.08. The molecule has 1 heterocycles. The Kier molecular flexibility index (Phi) is 4.88. The molecule has 18 heavy (non-hydrogen) atoms. The number of carbonyl (C=O) groups excluding carboxylic acids is 2. The smallest absolute Gasteiger partial charge is 0.325 e. The summed E-state index contributed by atoms with van der Waals surface area (Å²) in [5.41, 5.74) is 1.29. The van der Waals surface area contributed by atoms with Gasteiger partial charge in [-0.3, -0.25) is 14.3 Å². The molecule has 0 saturated heterocycles. The minimum absolute atomic E-state index is 0.0378. The molecule has 100 valence electrons. The van der Waals surface area contributed by atoms with Crippen LogP contribution in [0.2, 0.25) is 0 Å². The molecule has 0 saturated carbocycles. The van der Waals surface area contributed by atoms with Crippen molar-refractivity contribution in [2.45, 2.75) is 20.3 Å². The normalized spacial score (nSPS) is 10.2. The van der Waals surface area contributed by atoms with Gasteiger partial charge in [0.05, 0.1) is 18.4 Å². The van der Waals surface area contributed by atoms with Gasteiger partial charge in [-0.2, -0.15) is 5.10 Å². The van der Waals surface area contributed by atoms with Gasteiger partial charge in [0, 0.05) is 19.8 Å². The number of aromatic nitrogens is 2. The van der Waals surface area contributed by atoms with E-state index in [1.165, 1.54) is 12.0 Å². The maximum absolute atomic E-state index is 12.3. The molecule has 6 heteroatoms. The fourth-order valence-corrected chi connectivity index (χ4v) is 1.69. The number of hydrogen-bond acceptors (Lipinski definition) is 4. The number of carbonyl (C=O) groups is 2. The first-order valence-electron chi connectivity index (χ1n) is 5.92. The Hall–Kier alpha value is -1.85. The molecule has 1 aromatic heterocycles. The summed E-state index contributed by atoms with van der Waals surface area (Å²) in [6, 6.07) is 0. The second-order valence-corrected chi connectivity index (χ2v) is 3.91. The first kappa shape index (κ1) is 14.2. The molecule has 0 unspecified atom stereocenters. The van der Waals surface area contributed by atoms with Crippen LogP contribution >= 0.6 is 0 Å². The monoisotopic (exact) mass is 253 g/mol. The molecule has 0 aromatic carbocycles. The van der Waals surface area contributed by atoms with Crippen LogP contribution in [-0.2, 0) is 23.0 Å². The number of rotatable bonds is 5. The van der Waals surface area contributed by atoms with E-state index < -0.39 is 5.97 Å². The molecule has 0 bridgehead atoms. The molecular weight excluding hydrogens is 234 g/mol. The van der Waals surface area contributed by atoms with Crippen LogP contribution in [0, 0.1) is 0 Å². The third kappa shape index (κ3) is 3.09. The average Bonchev–Trinajstić information content (AvgIpc) is 2.75. The standard InChI is InChI=1S/C12H19N3O3/c1-5-10-9(7-14(3)13-10)12(17)15(6-2)8-11(16)18-4/h7H,5-6,8H2,1-4H3. The number of aryl methyl sites for hydroxylation is 2. The lowest BCUT2D eigenvalue weighted by Crippen LogP contribution is -2.36. The highest BCUT2D eigenvalue weighted by Gasteiger charge is 2.21. The summed E-state index contributed by atoms with van der Waals surface area (Å²) in [5, 5.41) is 4.22. The maximum atomic E-state index is 12.3. The van der Waals surface area contributed by atoms with Gasteiger partial charge in [-0.1, -0.05) is 6.92 Å². The van der Waals surface area contributed by atoms with Crippen LogP contribution in [0.15, 0.2) is 6.20 Å². The quantitative estimate of drug-likeness (QED) is 0.721. The van der Waals surface area contributed by atoms with Gasteiger partial charge in [0.2, 0.25) is 0 Å². The van der Waals surface area contributed by atoms with Crippen molar-refractivity contribution in [1.82, 2.24) is 14.7 Å². The summed E-state index contributed by atoms with van der Waals surface area (Å²) in [4.78, 5) is 25.0. The Balaban J connectivity index is 2.92. The van der Waals surface area contributed by atoms with Crippen molar-refractivity contribution in [2.75, 3.05) is 20.2 Å². The summed E-state index contributed by atoms with van der Waals surface area (Å²) in [6.45, 7) is 4.17. The minimum atomic E-state index is -0.424. The van der Waals surface area contributed by atoms with Crippen molar-refractivity contribution in [2.24, 2.45) is 7.05 Å².